The maximum Gasteiger partial charge on any atom is 0.356 e. The van der Waals surface area contributed by atoms with Crippen LogP contribution in [0.4, 0.5) is 11.5 Å². The average molecular weight is 428 g/mol. The van der Waals surface area contributed by atoms with Gasteiger partial charge in [0.1, 0.15) is 5.82 Å². The maximum absolute atomic E-state index is 13.0. The third-order valence-corrected chi connectivity index (χ3v) is 5.64. The largest absolute Gasteiger partial charge is 0.476 e. The molecule has 0 aliphatic rings. The van der Waals surface area contributed by atoms with Crippen LogP contribution in [-0.2, 0) is 11.0 Å². The fourth-order valence-corrected chi connectivity index (χ4v) is 4.00. The number of hydrogen-bond acceptors (Lipinski definition) is 6. The van der Waals surface area contributed by atoms with Crippen molar-refractivity contribution in [1.29, 1.82) is 0 Å². The molecular formula is C19H14ClN5O3S. The van der Waals surface area contributed by atoms with E-state index in [0.717, 1.165) is 5.56 Å². The lowest BCUT2D eigenvalue weighted by molar-refractivity contribution is 0.0691. The van der Waals surface area contributed by atoms with Crippen LogP contribution in [0.25, 0.3) is 11.0 Å². The second-order valence-electron chi connectivity index (χ2n) is 6.11. The number of nitrogens with zero attached hydrogens (tertiary/aromatic N) is 4. The van der Waals surface area contributed by atoms with Crippen molar-refractivity contribution in [2.24, 2.45) is 0 Å². The Hall–Kier alpha value is -3.30. The molecule has 0 radical (unpaired) electrons. The van der Waals surface area contributed by atoms with Gasteiger partial charge in [0.2, 0.25) is 5.28 Å². The second-order valence-corrected chi connectivity index (χ2v) is 7.81. The summed E-state index contributed by atoms with van der Waals surface area (Å²) in [6.45, 7) is 1.95. The highest BCUT2D eigenvalue weighted by Crippen LogP contribution is 2.28. The Morgan fingerprint density at radius 3 is 2.66 bits per heavy atom. The lowest BCUT2D eigenvalue weighted by Gasteiger charge is -2.10. The minimum Gasteiger partial charge on any atom is -0.476 e. The van der Waals surface area contributed by atoms with E-state index < -0.39 is 17.0 Å². The maximum atomic E-state index is 13.0. The van der Waals surface area contributed by atoms with Gasteiger partial charge in [-0.25, -0.2) is 18.0 Å². The highest BCUT2D eigenvalue weighted by atomic mass is 35.5. The number of carbonyl (C=O) groups is 1. The predicted molar refractivity (Wildman–Crippen MR) is 110 cm³/mol. The number of carboxylic acids is 1. The van der Waals surface area contributed by atoms with Gasteiger partial charge in [0.25, 0.3) is 0 Å². The minimum absolute atomic E-state index is 0.0679. The smallest absolute Gasteiger partial charge is 0.356 e. The fourth-order valence-electron chi connectivity index (χ4n) is 2.77. The summed E-state index contributed by atoms with van der Waals surface area (Å²) in [7, 11) is -1.54. The highest BCUT2D eigenvalue weighted by molar-refractivity contribution is 7.83. The van der Waals surface area contributed by atoms with E-state index in [1.54, 1.807) is 36.5 Å². The molecule has 1 unspecified atom stereocenters. The van der Waals surface area contributed by atoms with Gasteiger partial charge >= 0.3 is 5.97 Å². The summed E-state index contributed by atoms with van der Waals surface area (Å²) in [4.78, 5) is 24.3. The first-order valence-electron chi connectivity index (χ1n) is 8.43. The molecule has 29 heavy (non-hydrogen) atoms. The molecule has 146 valence electrons. The van der Waals surface area contributed by atoms with E-state index in [1.165, 1.54) is 10.2 Å². The first kappa shape index (κ1) is 19.0. The van der Waals surface area contributed by atoms with Gasteiger partial charge in [-0.1, -0.05) is 17.7 Å². The van der Waals surface area contributed by atoms with Crippen LogP contribution in [0.1, 0.15) is 16.1 Å². The van der Waals surface area contributed by atoms with Gasteiger partial charge in [0.05, 0.1) is 16.0 Å². The highest BCUT2D eigenvalue weighted by Gasteiger charge is 2.18. The molecule has 1 aromatic carbocycles. The number of rotatable bonds is 5. The molecule has 0 fully saturated rings. The van der Waals surface area contributed by atoms with E-state index in [9.17, 15) is 14.1 Å². The van der Waals surface area contributed by atoms with Gasteiger partial charge in [-0.15, -0.1) is 0 Å². The van der Waals surface area contributed by atoms with Crippen LogP contribution in [0.2, 0.25) is 5.28 Å². The van der Waals surface area contributed by atoms with E-state index in [-0.39, 0.29) is 22.5 Å². The summed E-state index contributed by atoms with van der Waals surface area (Å²) in [5.41, 5.74) is 1.51. The van der Waals surface area contributed by atoms with E-state index in [0.29, 0.717) is 15.9 Å². The molecule has 0 saturated heterocycles. The van der Waals surface area contributed by atoms with E-state index in [2.05, 4.69) is 20.3 Å². The normalized spacial score (nSPS) is 12.1. The molecule has 0 spiro atoms. The lowest BCUT2D eigenvalue weighted by atomic mass is 10.2. The van der Waals surface area contributed by atoms with Crippen molar-refractivity contribution in [3.8, 4) is 0 Å². The molecule has 4 aromatic rings. The Bertz CT molecular complexity index is 1260. The van der Waals surface area contributed by atoms with Crippen molar-refractivity contribution in [2.75, 3.05) is 5.32 Å². The van der Waals surface area contributed by atoms with Crippen molar-refractivity contribution < 1.29 is 14.1 Å². The molecule has 0 aliphatic heterocycles. The van der Waals surface area contributed by atoms with Crippen molar-refractivity contribution >= 4 is 51.1 Å². The fraction of sp³-hybridized carbons (Fsp3) is 0.0526. The predicted octanol–water partition coefficient (Wildman–Crippen LogP) is 3.80. The first-order chi connectivity index (χ1) is 13.9. The standard InChI is InChI=1S/C19H14ClN5O3S/c1-11-4-6-12(7-5-11)29(28)25-10-8-13-16(23-19(20)24-17(13)25)22-14-3-2-9-21-15(14)18(26)27/h2-10H,1H3,(H,26,27)(H,22,23,24). The average Bonchev–Trinajstić information content (AvgIpc) is 3.12. The zero-order chi connectivity index (χ0) is 20.5. The molecule has 8 nitrogen and oxygen atoms in total. The Kier molecular flexibility index (Phi) is 4.99. The quantitative estimate of drug-likeness (QED) is 0.466. The van der Waals surface area contributed by atoms with Crippen LogP contribution in [0.5, 0.6) is 0 Å². The molecule has 0 bridgehead atoms. The van der Waals surface area contributed by atoms with Crippen LogP contribution in [0.3, 0.4) is 0 Å². The molecule has 2 N–H and O–H groups in total. The van der Waals surface area contributed by atoms with E-state index >= 15 is 0 Å². The van der Waals surface area contributed by atoms with Gasteiger partial charge in [-0.2, -0.15) is 9.97 Å². The van der Waals surface area contributed by atoms with Gasteiger partial charge in [0, 0.05) is 12.4 Å². The number of nitrogens with one attached hydrogen (secondary N) is 1. The Morgan fingerprint density at radius 2 is 1.93 bits per heavy atom. The Morgan fingerprint density at radius 1 is 1.17 bits per heavy atom. The summed E-state index contributed by atoms with van der Waals surface area (Å²) in [5, 5.41) is 12.7. The van der Waals surface area contributed by atoms with Crippen LogP contribution in [-0.4, -0.2) is 34.2 Å². The Labute approximate surface area is 172 Å². The van der Waals surface area contributed by atoms with Gasteiger partial charge in [0.15, 0.2) is 22.3 Å². The third kappa shape index (κ3) is 3.69. The molecular weight excluding hydrogens is 414 g/mol. The number of aryl methyl sites for hydroxylation is 1. The van der Waals surface area contributed by atoms with Crippen LogP contribution < -0.4 is 5.32 Å². The van der Waals surface area contributed by atoms with Gasteiger partial charge in [-0.3, -0.25) is 0 Å². The number of aromatic carboxylic acids is 1. The third-order valence-electron chi connectivity index (χ3n) is 4.15. The summed E-state index contributed by atoms with van der Waals surface area (Å²) in [6, 6.07) is 12.2. The molecule has 0 aliphatic carbocycles. The van der Waals surface area contributed by atoms with Gasteiger partial charge in [-0.05, 0) is 48.9 Å². The van der Waals surface area contributed by atoms with Crippen molar-refractivity contribution in [2.45, 2.75) is 11.8 Å². The SMILES string of the molecule is Cc1ccc(S(=O)n2ccc3c(Nc4cccnc4C(=O)O)nc(Cl)nc32)cc1. The van der Waals surface area contributed by atoms with E-state index in [4.69, 9.17) is 11.6 Å². The van der Waals surface area contributed by atoms with Gasteiger partial charge < -0.3 is 10.4 Å². The van der Waals surface area contributed by atoms with Crippen molar-refractivity contribution in [3.63, 3.8) is 0 Å². The first-order valence-corrected chi connectivity index (χ1v) is 9.91. The molecule has 3 heterocycles. The zero-order valence-electron chi connectivity index (χ0n) is 15.0. The summed E-state index contributed by atoms with van der Waals surface area (Å²) in [5.74, 6) is -0.891. The second kappa shape index (κ2) is 7.61. The number of anilines is 2. The van der Waals surface area contributed by atoms with Crippen LogP contribution in [0, 0.1) is 6.92 Å². The number of fused-ring (bicyclic) bond motifs is 1. The summed E-state index contributed by atoms with van der Waals surface area (Å²) < 4.78 is 14.5. The van der Waals surface area contributed by atoms with Crippen LogP contribution in [0.15, 0.2) is 59.8 Å². The van der Waals surface area contributed by atoms with Crippen molar-refractivity contribution in [3.05, 3.63) is 71.4 Å². The molecule has 3 aromatic heterocycles. The lowest BCUT2D eigenvalue weighted by Crippen LogP contribution is -2.08. The number of hydrogen-bond donors (Lipinski definition) is 2. The molecule has 10 heteroatoms. The summed E-state index contributed by atoms with van der Waals surface area (Å²) >= 11 is 6.09. The van der Waals surface area contributed by atoms with Crippen LogP contribution >= 0.6 is 11.6 Å². The number of pyridine rings is 1. The monoisotopic (exact) mass is 427 g/mol. The van der Waals surface area contributed by atoms with Crippen molar-refractivity contribution in [1.82, 2.24) is 18.9 Å². The molecule has 4 rings (SSSR count). The topological polar surface area (TPSA) is 110 Å². The Balaban J connectivity index is 1.79. The van der Waals surface area contributed by atoms with E-state index in [1.807, 2.05) is 19.1 Å². The number of carboxylic acid groups (broad SMARTS) is 1. The molecule has 0 saturated carbocycles. The number of halogens is 1. The zero-order valence-corrected chi connectivity index (χ0v) is 16.6. The molecule has 1 atom stereocenters. The summed E-state index contributed by atoms with van der Waals surface area (Å²) in [6.07, 6.45) is 3.01. The minimum atomic E-state index is -1.54. The number of aromatic nitrogens is 4. The number of benzene rings is 1. The molecule has 0 amide bonds.